The first-order valence-electron chi connectivity index (χ1n) is 7.06. The lowest BCUT2D eigenvalue weighted by molar-refractivity contribution is -0.142. The molecule has 0 fully saturated rings. The van der Waals surface area contributed by atoms with Gasteiger partial charge in [-0.25, -0.2) is 18.1 Å². The van der Waals surface area contributed by atoms with E-state index in [1.165, 1.54) is 18.5 Å². The van der Waals surface area contributed by atoms with Gasteiger partial charge >= 0.3 is 5.97 Å². The van der Waals surface area contributed by atoms with E-state index in [1.54, 1.807) is 0 Å². The second-order valence-corrected chi connectivity index (χ2v) is 7.83. The topological polar surface area (TPSA) is 112 Å². The predicted molar refractivity (Wildman–Crippen MR) is 86.9 cm³/mol. The number of fused-ring (bicyclic) bond motifs is 1. The van der Waals surface area contributed by atoms with Gasteiger partial charge in [-0.3, -0.25) is 4.79 Å². The van der Waals surface area contributed by atoms with E-state index < -0.39 is 21.9 Å². The highest BCUT2D eigenvalue weighted by molar-refractivity contribution is 7.89. The van der Waals surface area contributed by atoms with E-state index in [4.69, 9.17) is 11.6 Å². The van der Waals surface area contributed by atoms with E-state index in [-0.39, 0.29) is 27.8 Å². The molecule has 2 aromatic rings. The largest absolute Gasteiger partial charge is 0.481 e. The summed E-state index contributed by atoms with van der Waals surface area (Å²) in [6.45, 7) is 3.59. The molecule has 1 unspecified atom stereocenters. The van der Waals surface area contributed by atoms with Gasteiger partial charge in [0, 0.05) is 18.9 Å². The molecule has 0 aromatic carbocycles. The fraction of sp³-hybridized carbons (Fsp3) is 0.429. The second kappa shape index (κ2) is 6.86. The maximum Gasteiger partial charge on any atom is 0.307 e. The lowest BCUT2D eigenvalue weighted by Gasteiger charge is -2.15. The van der Waals surface area contributed by atoms with Crippen LogP contribution in [-0.2, 0) is 14.8 Å². The zero-order valence-corrected chi connectivity index (χ0v) is 14.3. The van der Waals surface area contributed by atoms with Crippen molar-refractivity contribution in [1.29, 1.82) is 0 Å². The number of aromatic nitrogens is 2. The highest BCUT2D eigenvalue weighted by Gasteiger charge is 2.25. The van der Waals surface area contributed by atoms with Crippen molar-refractivity contribution in [2.75, 3.05) is 6.54 Å². The summed E-state index contributed by atoms with van der Waals surface area (Å²) < 4.78 is 27.3. The van der Waals surface area contributed by atoms with Crippen LogP contribution in [0.5, 0.6) is 0 Å². The average molecular weight is 360 g/mol. The Morgan fingerprint density at radius 2 is 2.17 bits per heavy atom. The van der Waals surface area contributed by atoms with E-state index in [1.807, 2.05) is 13.8 Å². The van der Waals surface area contributed by atoms with Crippen molar-refractivity contribution in [2.24, 2.45) is 11.8 Å². The number of aliphatic carboxylic acids is 1. The second-order valence-electron chi connectivity index (χ2n) is 5.69. The zero-order chi connectivity index (χ0) is 17.2. The molecule has 9 heteroatoms. The number of rotatable bonds is 7. The SMILES string of the molecule is CC(C)CC(CNS(=O)(=O)c1c[nH]c2nccc(Cl)c12)C(=O)O. The van der Waals surface area contributed by atoms with Crippen molar-refractivity contribution in [3.05, 3.63) is 23.5 Å². The molecule has 0 radical (unpaired) electrons. The Bertz CT molecular complexity index is 817. The quantitative estimate of drug-likeness (QED) is 0.701. The van der Waals surface area contributed by atoms with Gasteiger partial charge in [0.25, 0.3) is 0 Å². The van der Waals surface area contributed by atoms with Crippen LogP contribution in [0.4, 0.5) is 0 Å². The number of H-pyrrole nitrogens is 1. The molecule has 0 amide bonds. The standard InChI is InChI=1S/C14H18ClN3O4S/c1-8(2)5-9(14(19)20)6-18-23(21,22)11-7-17-13-12(11)10(15)3-4-16-13/h3-4,7-9,18H,5-6H2,1-2H3,(H,16,17)(H,19,20). The molecular formula is C14H18ClN3O4S. The van der Waals surface area contributed by atoms with Crippen LogP contribution in [0.3, 0.4) is 0 Å². The number of sulfonamides is 1. The Hall–Kier alpha value is -1.64. The number of hydrogen-bond donors (Lipinski definition) is 3. The summed E-state index contributed by atoms with van der Waals surface area (Å²) in [4.78, 5) is 17.9. The van der Waals surface area contributed by atoms with Crippen molar-refractivity contribution in [3.63, 3.8) is 0 Å². The van der Waals surface area contributed by atoms with Crippen molar-refractivity contribution in [3.8, 4) is 0 Å². The summed E-state index contributed by atoms with van der Waals surface area (Å²) >= 11 is 6.05. The first kappa shape index (κ1) is 17.7. The third-order valence-corrected chi connectivity index (χ3v) is 5.16. The monoisotopic (exact) mass is 359 g/mol. The number of nitrogens with zero attached hydrogens (tertiary/aromatic N) is 1. The van der Waals surface area contributed by atoms with E-state index >= 15 is 0 Å². The Balaban J connectivity index is 2.26. The molecule has 3 N–H and O–H groups in total. The number of carboxylic acid groups (broad SMARTS) is 1. The fourth-order valence-corrected chi connectivity index (χ4v) is 3.90. The van der Waals surface area contributed by atoms with Crippen molar-refractivity contribution >= 4 is 38.6 Å². The molecule has 7 nitrogen and oxygen atoms in total. The van der Waals surface area contributed by atoms with Crippen LogP contribution in [-0.4, -0.2) is 36.0 Å². The fourth-order valence-electron chi connectivity index (χ4n) is 2.33. The van der Waals surface area contributed by atoms with Gasteiger partial charge in [0.1, 0.15) is 10.5 Å². The number of halogens is 1. The number of aromatic amines is 1. The molecular weight excluding hydrogens is 342 g/mol. The van der Waals surface area contributed by atoms with Gasteiger partial charge in [-0.15, -0.1) is 0 Å². The minimum Gasteiger partial charge on any atom is -0.481 e. The lowest BCUT2D eigenvalue weighted by atomic mass is 9.98. The van der Waals surface area contributed by atoms with Crippen LogP contribution in [0.15, 0.2) is 23.4 Å². The minimum absolute atomic E-state index is 0.0423. The van der Waals surface area contributed by atoms with Gasteiger partial charge < -0.3 is 10.1 Å². The Kier molecular flexibility index (Phi) is 5.28. The van der Waals surface area contributed by atoms with Gasteiger partial charge in [0.15, 0.2) is 0 Å². The molecule has 0 spiro atoms. The number of pyridine rings is 1. The maximum absolute atomic E-state index is 12.5. The summed E-state index contributed by atoms with van der Waals surface area (Å²) in [5.41, 5.74) is 0.356. The summed E-state index contributed by atoms with van der Waals surface area (Å²) in [6.07, 6.45) is 3.15. The lowest BCUT2D eigenvalue weighted by Crippen LogP contribution is -2.33. The predicted octanol–water partition coefficient (Wildman–Crippen LogP) is 2.24. The molecule has 2 rings (SSSR count). The van der Waals surface area contributed by atoms with Crippen molar-refractivity contribution in [1.82, 2.24) is 14.7 Å². The Labute approximate surface area is 139 Å². The molecule has 0 saturated heterocycles. The van der Waals surface area contributed by atoms with Gasteiger partial charge in [0.2, 0.25) is 10.0 Å². The normalized spacial score (nSPS) is 13.6. The molecule has 126 valence electrons. The average Bonchev–Trinajstić information content (AvgIpc) is 2.89. The van der Waals surface area contributed by atoms with Crippen LogP contribution < -0.4 is 4.72 Å². The van der Waals surface area contributed by atoms with Crippen LogP contribution >= 0.6 is 11.6 Å². The Morgan fingerprint density at radius 1 is 1.48 bits per heavy atom. The van der Waals surface area contributed by atoms with E-state index in [9.17, 15) is 18.3 Å². The summed E-state index contributed by atoms with van der Waals surface area (Å²) in [5, 5.41) is 9.74. The summed E-state index contributed by atoms with van der Waals surface area (Å²) in [6, 6.07) is 1.50. The van der Waals surface area contributed by atoms with Crippen LogP contribution in [0.2, 0.25) is 5.02 Å². The van der Waals surface area contributed by atoms with E-state index in [0.29, 0.717) is 12.1 Å². The first-order valence-corrected chi connectivity index (χ1v) is 8.92. The number of nitrogens with one attached hydrogen (secondary N) is 2. The Morgan fingerprint density at radius 3 is 2.78 bits per heavy atom. The third kappa shape index (κ3) is 4.01. The van der Waals surface area contributed by atoms with Crippen LogP contribution in [0, 0.1) is 11.8 Å². The molecule has 2 heterocycles. The highest BCUT2D eigenvalue weighted by atomic mass is 35.5. The first-order chi connectivity index (χ1) is 10.7. The zero-order valence-electron chi connectivity index (χ0n) is 12.7. The molecule has 0 aliphatic heterocycles. The van der Waals surface area contributed by atoms with Crippen molar-refractivity contribution < 1.29 is 18.3 Å². The number of hydrogen-bond acceptors (Lipinski definition) is 4. The third-order valence-electron chi connectivity index (χ3n) is 3.40. The van der Waals surface area contributed by atoms with Crippen molar-refractivity contribution in [2.45, 2.75) is 25.2 Å². The molecule has 1 atom stereocenters. The number of carboxylic acids is 1. The van der Waals surface area contributed by atoms with Gasteiger partial charge in [-0.2, -0.15) is 0 Å². The number of carbonyl (C=O) groups is 1. The molecule has 23 heavy (non-hydrogen) atoms. The van der Waals surface area contributed by atoms with Gasteiger partial charge in [0.05, 0.1) is 16.3 Å². The van der Waals surface area contributed by atoms with E-state index in [0.717, 1.165) is 0 Å². The van der Waals surface area contributed by atoms with Crippen LogP contribution in [0.1, 0.15) is 20.3 Å². The molecule has 0 aliphatic rings. The molecule has 0 bridgehead atoms. The van der Waals surface area contributed by atoms with Gasteiger partial charge in [-0.1, -0.05) is 25.4 Å². The van der Waals surface area contributed by atoms with Gasteiger partial charge in [-0.05, 0) is 18.4 Å². The summed E-state index contributed by atoms with van der Waals surface area (Å²) in [7, 11) is -3.90. The smallest absolute Gasteiger partial charge is 0.307 e. The molecule has 0 aliphatic carbocycles. The minimum atomic E-state index is -3.90. The molecule has 2 aromatic heterocycles. The van der Waals surface area contributed by atoms with Crippen LogP contribution in [0.25, 0.3) is 11.0 Å². The highest BCUT2D eigenvalue weighted by Crippen LogP contribution is 2.28. The maximum atomic E-state index is 12.5. The summed E-state index contributed by atoms with van der Waals surface area (Å²) in [5.74, 6) is -1.67. The van der Waals surface area contributed by atoms with E-state index in [2.05, 4.69) is 14.7 Å². The molecule has 0 saturated carbocycles.